The van der Waals surface area contributed by atoms with Crippen LogP contribution in [0.1, 0.15) is 16.2 Å². The van der Waals surface area contributed by atoms with E-state index in [1.165, 1.54) is 12.1 Å². The fourth-order valence-corrected chi connectivity index (χ4v) is 1.92. The van der Waals surface area contributed by atoms with Crippen LogP contribution >= 0.6 is 23.2 Å². The van der Waals surface area contributed by atoms with Crippen LogP contribution in [-0.4, -0.2) is 20.7 Å². The highest BCUT2D eigenvalue weighted by Gasteiger charge is 2.14. The van der Waals surface area contributed by atoms with E-state index in [0.29, 0.717) is 11.5 Å². The van der Waals surface area contributed by atoms with Crippen molar-refractivity contribution in [3.63, 3.8) is 0 Å². The molecule has 19 heavy (non-hydrogen) atoms. The van der Waals surface area contributed by atoms with E-state index in [9.17, 15) is 4.79 Å². The molecule has 0 spiro atoms. The standard InChI is InChI=1S/C11H11Cl2N5O/c1-18-5-16-17-9(18)4-15-11(19)7-2-6(14)3-8(12)10(7)13/h2-3,5H,4,14H2,1H3,(H,15,19). The number of aryl methyl sites for hydroxylation is 1. The second-order valence-electron chi connectivity index (χ2n) is 3.91. The highest BCUT2D eigenvalue weighted by molar-refractivity contribution is 6.44. The number of carbonyl (C=O) groups excluding carboxylic acids is 1. The molecule has 0 saturated heterocycles. The van der Waals surface area contributed by atoms with Gasteiger partial charge < -0.3 is 15.6 Å². The molecule has 0 bridgehead atoms. The van der Waals surface area contributed by atoms with E-state index in [4.69, 9.17) is 28.9 Å². The van der Waals surface area contributed by atoms with E-state index in [0.717, 1.165) is 0 Å². The molecule has 0 fully saturated rings. The molecule has 1 aromatic carbocycles. The van der Waals surface area contributed by atoms with Crippen LogP contribution in [0.3, 0.4) is 0 Å². The smallest absolute Gasteiger partial charge is 0.253 e. The van der Waals surface area contributed by atoms with Crippen molar-refractivity contribution in [2.45, 2.75) is 6.54 Å². The fourth-order valence-electron chi connectivity index (χ4n) is 1.50. The summed E-state index contributed by atoms with van der Waals surface area (Å²) in [6.45, 7) is 0.234. The Morgan fingerprint density at radius 1 is 1.47 bits per heavy atom. The number of hydrogen-bond acceptors (Lipinski definition) is 4. The predicted molar refractivity (Wildman–Crippen MR) is 73.0 cm³/mol. The predicted octanol–water partition coefficient (Wildman–Crippen LogP) is 1.63. The number of halogens is 2. The van der Waals surface area contributed by atoms with E-state index in [1.807, 2.05) is 0 Å². The molecule has 100 valence electrons. The molecule has 1 heterocycles. The zero-order chi connectivity index (χ0) is 14.0. The van der Waals surface area contributed by atoms with Gasteiger partial charge in [0.1, 0.15) is 6.33 Å². The van der Waals surface area contributed by atoms with E-state index in [1.54, 1.807) is 17.9 Å². The maximum absolute atomic E-state index is 12.0. The van der Waals surface area contributed by atoms with Crippen LogP contribution in [0.25, 0.3) is 0 Å². The van der Waals surface area contributed by atoms with Crippen LogP contribution in [0.5, 0.6) is 0 Å². The third kappa shape index (κ3) is 2.97. The van der Waals surface area contributed by atoms with Gasteiger partial charge in [0.2, 0.25) is 0 Å². The lowest BCUT2D eigenvalue weighted by Crippen LogP contribution is -2.24. The van der Waals surface area contributed by atoms with Gasteiger partial charge in [0.05, 0.1) is 22.2 Å². The number of nitrogen functional groups attached to an aromatic ring is 1. The molecule has 8 heteroatoms. The second kappa shape index (κ2) is 5.46. The summed E-state index contributed by atoms with van der Waals surface area (Å²) >= 11 is 11.8. The number of rotatable bonds is 3. The van der Waals surface area contributed by atoms with Crippen molar-refractivity contribution in [2.75, 3.05) is 5.73 Å². The molecule has 0 radical (unpaired) electrons. The lowest BCUT2D eigenvalue weighted by atomic mass is 10.2. The van der Waals surface area contributed by atoms with E-state index >= 15 is 0 Å². The highest BCUT2D eigenvalue weighted by atomic mass is 35.5. The van der Waals surface area contributed by atoms with Crippen LogP contribution < -0.4 is 11.1 Å². The van der Waals surface area contributed by atoms with Crippen LogP contribution in [-0.2, 0) is 13.6 Å². The Hall–Kier alpha value is -1.79. The van der Waals surface area contributed by atoms with Crippen LogP contribution in [0, 0.1) is 0 Å². The largest absolute Gasteiger partial charge is 0.399 e. The zero-order valence-electron chi connectivity index (χ0n) is 10.0. The first kappa shape index (κ1) is 13.6. The van der Waals surface area contributed by atoms with Gasteiger partial charge >= 0.3 is 0 Å². The lowest BCUT2D eigenvalue weighted by Gasteiger charge is -2.08. The summed E-state index contributed by atoms with van der Waals surface area (Å²) in [5.74, 6) is 0.252. The van der Waals surface area contributed by atoms with Gasteiger partial charge in [-0.25, -0.2) is 0 Å². The molecule has 0 unspecified atom stereocenters. The van der Waals surface area contributed by atoms with E-state index in [-0.39, 0.29) is 28.1 Å². The summed E-state index contributed by atoms with van der Waals surface area (Å²) in [6, 6.07) is 2.96. The van der Waals surface area contributed by atoms with Gasteiger partial charge in [-0.3, -0.25) is 4.79 Å². The molecule has 0 aliphatic carbocycles. The van der Waals surface area contributed by atoms with Crippen molar-refractivity contribution in [3.8, 4) is 0 Å². The molecule has 0 saturated carbocycles. The molecule has 0 aliphatic rings. The summed E-state index contributed by atoms with van der Waals surface area (Å²) in [6.07, 6.45) is 1.55. The maximum Gasteiger partial charge on any atom is 0.253 e. The first-order chi connectivity index (χ1) is 8.99. The van der Waals surface area contributed by atoms with Gasteiger partial charge in [-0.2, -0.15) is 0 Å². The molecule has 1 aromatic heterocycles. The quantitative estimate of drug-likeness (QED) is 0.844. The minimum atomic E-state index is -0.373. The molecular weight excluding hydrogens is 289 g/mol. The Labute approximate surface area is 119 Å². The number of carbonyl (C=O) groups is 1. The Bertz CT molecular complexity index is 626. The summed E-state index contributed by atoms with van der Waals surface area (Å²) in [4.78, 5) is 12.0. The summed E-state index contributed by atoms with van der Waals surface area (Å²) in [5.41, 5.74) is 6.24. The van der Waals surface area contributed by atoms with Crippen molar-refractivity contribution in [3.05, 3.63) is 39.9 Å². The minimum absolute atomic E-state index is 0.173. The van der Waals surface area contributed by atoms with Gasteiger partial charge in [-0.15, -0.1) is 10.2 Å². The lowest BCUT2D eigenvalue weighted by molar-refractivity contribution is 0.0950. The number of anilines is 1. The number of nitrogens with two attached hydrogens (primary N) is 1. The van der Waals surface area contributed by atoms with Gasteiger partial charge in [-0.1, -0.05) is 23.2 Å². The van der Waals surface area contributed by atoms with Gasteiger partial charge in [0, 0.05) is 12.7 Å². The number of nitrogens with zero attached hydrogens (tertiary/aromatic N) is 3. The van der Waals surface area contributed by atoms with Crippen molar-refractivity contribution < 1.29 is 4.79 Å². The van der Waals surface area contributed by atoms with Gasteiger partial charge in [-0.05, 0) is 12.1 Å². The molecule has 6 nitrogen and oxygen atoms in total. The molecule has 2 aromatic rings. The SMILES string of the molecule is Cn1cnnc1CNC(=O)c1cc(N)cc(Cl)c1Cl. The summed E-state index contributed by atoms with van der Waals surface area (Å²) in [7, 11) is 1.78. The van der Waals surface area contributed by atoms with Crippen LogP contribution in [0.2, 0.25) is 10.0 Å². The summed E-state index contributed by atoms with van der Waals surface area (Å²) < 4.78 is 1.70. The maximum atomic E-state index is 12.0. The average Bonchev–Trinajstić information content (AvgIpc) is 2.76. The first-order valence-corrected chi connectivity index (χ1v) is 6.10. The number of aromatic nitrogens is 3. The van der Waals surface area contributed by atoms with Crippen molar-refractivity contribution in [1.29, 1.82) is 0 Å². The molecule has 0 aliphatic heterocycles. The first-order valence-electron chi connectivity index (χ1n) is 5.34. The normalized spacial score (nSPS) is 10.5. The third-order valence-electron chi connectivity index (χ3n) is 2.51. The molecule has 1 amide bonds. The number of nitrogens with one attached hydrogen (secondary N) is 1. The third-order valence-corrected chi connectivity index (χ3v) is 3.31. The topological polar surface area (TPSA) is 85.8 Å². The van der Waals surface area contributed by atoms with Crippen molar-refractivity contribution in [1.82, 2.24) is 20.1 Å². The Morgan fingerprint density at radius 2 is 2.21 bits per heavy atom. The van der Waals surface area contributed by atoms with Gasteiger partial charge in [0.25, 0.3) is 5.91 Å². The number of hydrogen-bond donors (Lipinski definition) is 2. The van der Waals surface area contributed by atoms with E-state index in [2.05, 4.69) is 15.5 Å². The van der Waals surface area contributed by atoms with Gasteiger partial charge in [0.15, 0.2) is 5.82 Å². The Morgan fingerprint density at radius 3 is 2.84 bits per heavy atom. The molecular formula is C11H11Cl2N5O. The monoisotopic (exact) mass is 299 g/mol. The Kier molecular flexibility index (Phi) is 3.92. The average molecular weight is 300 g/mol. The summed E-state index contributed by atoms with van der Waals surface area (Å²) in [5, 5.41) is 10.7. The molecule has 3 N–H and O–H groups in total. The zero-order valence-corrected chi connectivity index (χ0v) is 11.5. The van der Waals surface area contributed by atoms with Crippen LogP contribution in [0.4, 0.5) is 5.69 Å². The number of amides is 1. The molecule has 0 atom stereocenters. The molecule has 2 rings (SSSR count). The van der Waals surface area contributed by atoms with Crippen LogP contribution in [0.15, 0.2) is 18.5 Å². The fraction of sp³-hybridized carbons (Fsp3) is 0.182. The number of benzene rings is 1. The van der Waals surface area contributed by atoms with Crippen molar-refractivity contribution in [2.24, 2.45) is 7.05 Å². The van der Waals surface area contributed by atoms with E-state index < -0.39 is 0 Å². The second-order valence-corrected chi connectivity index (χ2v) is 4.69. The Balaban J connectivity index is 2.15. The van der Waals surface area contributed by atoms with Crippen molar-refractivity contribution >= 4 is 34.8 Å². The highest BCUT2D eigenvalue weighted by Crippen LogP contribution is 2.28. The minimum Gasteiger partial charge on any atom is -0.399 e.